The number of benzene rings is 2. The van der Waals surface area contributed by atoms with Crippen molar-refractivity contribution >= 4 is 34.5 Å². The summed E-state index contributed by atoms with van der Waals surface area (Å²) in [5.74, 6) is 0.000457. The van der Waals surface area contributed by atoms with E-state index >= 15 is 0 Å². The fraction of sp³-hybridized carbons (Fsp3) is 0.0952. The standard InChI is InChI=1S/C21H17ClN4O2S/c1-26-11-17(20(25-26)28-2)19(27)23-16-5-3-4-14(10-16)18-12-29-21(24-18)13-6-8-15(22)9-7-13/h3-12H,1-2H3,(H,23,27). The molecule has 0 unspecified atom stereocenters. The number of hydrogen-bond donors (Lipinski definition) is 1. The molecule has 0 saturated heterocycles. The minimum Gasteiger partial charge on any atom is -0.479 e. The fourth-order valence-corrected chi connectivity index (χ4v) is 3.82. The van der Waals surface area contributed by atoms with Crippen molar-refractivity contribution in [3.05, 3.63) is 70.7 Å². The third-order valence-corrected chi connectivity index (χ3v) is 5.39. The van der Waals surface area contributed by atoms with Crippen LogP contribution in [0.2, 0.25) is 5.02 Å². The summed E-state index contributed by atoms with van der Waals surface area (Å²) in [5.41, 5.74) is 3.81. The zero-order valence-electron chi connectivity index (χ0n) is 15.7. The van der Waals surface area contributed by atoms with E-state index in [-0.39, 0.29) is 11.8 Å². The first-order valence-corrected chi connectivity index (χ1v) is 10.00. The van der Waals surface area contributed by atoms with Gasteiger partial charge in [0.05, 0.1) is 12.8 Å². The van der Waals surface area contributed by atoms with E-state index in [9.17, 15) is 4.79 Å². The Morgan fingerprint density at radius 1 is 1.17 bits per heavy atom. The first kappa shape index (κ1) is 19.2. The molecule has 0 radical (unpaired) electrons. The maximum atomic E-state index is 12.6. The molecule has 2 aromatic heterocycles. The summed E-state index contributed by atoms with van der Waals surface area (Å²) >= 11 is 7.52. The number of methoxy groups -OCH3 is 1. The van der Waals surface area contributed by atoms with Gasteiger partial charge < -0.3 is 10.1 Å². The summed E-state index contributed by atoms with van der Waals surface area (Å²) in [6.45, 7) is 0. The molecule has 146 valence electrons. The molecule has 1 N–H and O–H groups in total. The summed E-state index contributed by atoms with van der Waals surface area (Å²) in [7, 11) is 3.22. The number of aryl methyl sites for hydroxylation is 1. The fourth-order valence-electron chi connectivity index (χ4n) is 2.86. The zero-order valence-corrected chi connectivity index (χ0v) is 17.3. The quantitative estimate of drug-likeness (QED) is 0.482. The Morgan fingerprint density at radius 3 is 2.72 bits per heavy atom. The van der Waals surface area contributed by atoms with E-state index in [2.05, 4.69) is 10.4 Å². The summed E-state index contributed by atoms with van der Waals surface area (Å²) in [6.07, 6.45) is 1.62. The van der Waals surface area contributed by atoms with Crippen LogP contribution in [0, 0.1) is 0 Å². The molecule has 2 aromatic carbocycles. The van der Waals surface area contributed by atoms with Gasteiger partial charge in [0, 0.05) is 40.5 Å². The van der Waals surface area contributed by atoms with Crippen LogP contribution in [-0.2, 0) is 7.05 Å². The van der Waals surface area contributed by atoms with Gasteiger partial charge in [-0.2, -0.15) is 0 Å². The lowest BCUT2D eigenvalue weighted by molar-refractivity contribution is 0.102. The van der Waals surface area contributed by atoms with Crippen LogP contribution in [0.15, 0.2) is 60.1 Å². The lowest BCUT2D eigenvalue weighted by Gasteiger charge is -2.06. The molecular formula is C21H17ClN4O2S. The highest BCUT2D eigenvalue weighted by Gasteiger charge is 2.17. The Balaban J connectivity index is 1.56. The van der Waals surface area contributed by atoms with Gasteiger partial charge in [0.2, 0.25) is 5.88 Å². The van der Waals surface area contributed by atoms with Gasteiger partial charge in [-0.15, -0.1) is 16.4 Å². The number of nitrogens with zero attached hydrogens (tertiary/aromatic N) is 3. The van der Waals surface area contributed by atoms with Crippen LogP contribution in [0.3, 0.4) is 0 Å². The molecule has 0 spiro atoms. The Kier molecular flexibility index (Phi) is 5.33. The monoisotopic (exact) mass is 424 g/mol. The SMILES string of the molecule is COc1nn(C)cc1C(=O)Nc1cccc(-c2csc(-c3ccc(Cl)cc3)n2)c1. The van der Waals surface area contributed by atoms with E-state index in [0.717, 1.165) is 21.8 Å². The van der Waals surface area contributed by atoms with E-state index < -0.39 is 0 Å². The van der Waals surface area contributed by atoms with Crippen molar-refractivity contribution in [1.82, 2.24) is 14.8 Å². The average molecular weight is 425 g/mol. The number of hydrogen-bond acceptors (Lipinski definition) is 5. The Labute approximate surface area is 176 Å². The van der Waals surface area contributed by atoms with Crippen LogP contribution in [-0.4, -0.2) is 27.8 Å². The van der Waals surface area contributed by atoms with E-state index in [1.54, 1.807) is 24.6 Å². The molecule has 1 amide bonds. The maximum Gasteiger partial charge on any atom is 0.262 e. The normalized spacial score (nSPS) is 10.7. The number of nitrogens with one attached hydrogen (secondary N) is 1. The van der Waals surface area contributed by atoms with E-state index in [4.69, 9.17) is 21.3 Å². The first-order valence-electron chi connectivity index (χ1n) is 8.74. The predicted octanol–water partition coefficient (Wildman–Crippen LogP) is 5.12. The molecular weight excluding hydrogens is 408 g/mol. The van der Waals surface area contributed by atoms with Gasteiger partial charge in [-0.3, -0.25) is 9.48 Å². The number of halogens is 1. The lowest BCUT2D eigenvalue weighted by atomic mass is 10.1. The van der Waals surface area contributed by atoms with Crippen LogP contribution in [0.1, 0.15) is 10.4 Å². The molecule has 0 aliphatic rings. The van der Waals surface area contributed by atoms with Crippen LogP contribution < -0.4 is 10.1 Å². The number of ether oxygens (including phenoxy) is 1. The molecule has 0 aliphatic carbocycles. The molecule has 0 bridgehead atoms. The molecule has 0 fully saturated rings. The molecule has 6 nitrogen and oxygen atoms in total. The van der Waals surface area contributed by atoms with Crippen molar-refractivity contribution in [2.75, 3.05) is 12.4 Å². The van der Waals surface area contributed by atoms with Gasteiger partial charge in [-0.1, -0.05) is 35.9 Å². The predicted molar refractivity (Wildman–Crippen MR) is 116 cm³/mol. The minimum atomic E-state index is -0.285. The van der Waals surface area contributed by atoms with Crippen LogP contribution in [0.4, 0.5) is 5.69 Å². The van der Waals surface area contributed by atoms with Crippen LogP contribution in [0.25, 0.3) is 21.8 Å². The number of carbonyl (C=O) groups is 1. The second-order valence-electron chi connectivity index (χ2n) is 6.31. The van der Waals surface area contributed by atoms with Crippen molar-refractivity contribution in [3.8, 4) is 27.7 Å². The average Bonchev–Trinajstić information content (AvgIpc) is 3.35. The van der Waals surface area contributed by atoms with E-state index in [0.29, 0.717) is 16.3 Å². The molecule has 4 aromatic rings. The van der Waals surface area contributed by atoms with Crippen LogP contribution in [0.5, 0.6) is 5.88 Å². The summed E-state index contributed by atoms with van der Waals surface area (Å²) in [5, 5.41) is 10.6. The van der Waals surface area contributed by atoms with Gasteiger partial charge in [0.15, 0.2) is 0 Å². The second-order valence-corrected chi connectivity index (χ2v) is 7.60. The Hall–Kier alpha value is -3.16. The Bertz CT molecular complexity index is 1170. The van der Waals surface area contributed by atoms with Gasteiger partial charge in [0.25, 0.3) is 5.91 Å². The topological polar surface area (TPSA) is 69.0 Å². The van der Waals surface area contributed by atoms with Crippen molar-refractivity contribution < 1.29 is 9.53 Å². The number of aromatic nitrogens is 3. The third kappa shape index (κ3) is 4.16. The van der Waals surface area contributed by atoms with Crippen molar-refractivity contribution in [3.63, 3.8) is 0 Å². The molecule has 2 heterocycles. The zero-order chi connectivity index (χ0) is 20.4. The maximum absolute atomic E-state index is 12.6. The molecule has 0 aliphatic heterocycles. The molecule has 29 heavy (non-hydrogen) atoms. The molecule has 8 heteroatoms. The number of rotatable bonds is 5. The van der Waals surface area contributed by atoms with E-state index in [1.807, 2.05) is 53.9 Å². The first-order chi connectivity index (χ1) is 14.0. The van der Waals surface area contributed by atoms with Gasteiger partial charge in [-0.05, 0) is 24.3 Å². The highest BCUT2D eigenvalue weighted by molar-refractivity contribution is 7.13. The molecule has 4 rings (SSSR count). The van der Waals surface area contributed by atoms with Gasteiger partial charge in [-0.25, -0.2) is 4.98 Å². The van der Waals surface area contributed by atoms with Gasteiger partial charge >= 0.3 is 0 Å². The lowest BCUT2D eigenvalue weighted by Crippen LogP contribution is -2.12. The highest BCUT2D eigenvalue weighted by Crippen LogP contribution is 2.30. The minimum absolute atomic E-state index is 0.285. The summed E-state index contributed by atoms with van der Waals surface area (Å²) < 4.78 is 6.70. The summed E-state index contributed by atoms with van der Waals surface area (Å²) in [6, 6.07) is 15.2. The summed E-state index contributed by atoms with van der Waals surface area (Å²) in [4.78, 5) is 17.3. The second kappa shape index (κ2) is 8.06. The van der Waals surface area contributed by atoms with Gasteiger partial charge in [0.1, 0.15) is 10.6 Å². The number of carbonyl (C=O) groups excluding carboxylic acids is 1. The Morgan fingerprint density at radius 2 is 1.97 bits per heavy atom. The van der Waals surface area contributed by atoms with Crippen molar-refractivity contribution in [2.24, 2.45) is 7.05 Å². The van der Waals surface area contributed by atoms with Crippen molar-refractivity contribution in [1.29, 1.82) is 0 Å². The van der Waals surface area contributed by atoms with Crippen LogP contribution >= 0.6 is 22.9 Å². The third-order valence-electron chi connectivity index (χ3n) is 4.24. The number of thiazole rings is 1. The molecule has 0 atom stereocenters. The largest absolute Gasteiger partial charge is 0.479 e. The molecule has 0 saturated carbocycles. The number of anilines is 1. The smallest absolute Gasteiger partial charge is 0.262 e. The number of amides is 1. The highest BCUT2D eigenvalue weighted by atomic mass is 35.5. The van der Waals surface area contributed by atoms with Crippen molar-refractivity contribution in [2.45, 2.75) is 0 Å². The van der Waals surface area contributed by atoms with E-state index in [1.165, 1.54) is 11.8 Å².